The smallest absolute Gasteiger partial charge is 0.274 e. The number of nitro groups is 1. The maximum absolute atomic E-state index is 10.9. The topological polar surface area (TPSA) is 97.2 Å². The van der Waals surface area contributed by atoms with Crippen LogP contribution in [0.3, 0.4) is 0 Å². The highest BCUT2D eigenvalue weighted by atomic mass is 16.6. The second kappa shape index (κ2) is 5.79. The van der Waals surface area contributed by atoms with Crippen LogP contribution in [0.25, 0.3) is 0 Å². The quantitative estimate of drug-likeness (QED) is 0.658. The summed E-state index contributed by atoms with van der Waals surface area (Å²) in [6.45, 7) is 1.43. The van der Waals surface area contributed by atoms with E-state index >= 15 is 0 Å². The van der Waals surface area contributed by atoms with Crippen LogP contribution in [0.15, 0.2) is 42.6 Å². The van der Waals surface area contributed by atoms with Gasteiger partial charge in [0.1, 0.15) is 5.82 Å². The van der Waals surface area contributed by atoms with Crippen LogP contribution in [0.2, 0.25) is 0 Å². The lowest BCUT2D eigenvalue weighted by atomic mass is 10.2. The third-order valence-corrected chi connectivity index (χ3v) is 2.43. The molecule has 0 aliphatic rings. The van der Waals surface area contributed by atoms with Gasteiger partial charge in [-0.2, -0.15) is 0 Å². The second-order valence-electron chi connectivity index (χ2n) is 4.04. The molecule has 0 aliphatic heterocycles. The van der Waals surface area contributed by atoms with E-state index in [2.05, 4.69) is 15.6 Å². The first-order chi connectivity index (χ1) is 9.54. The van der Waals surface area contributed by atoms with Gasteiger partial charge in [0.2, 0.25) is 5.91 Å². The maximum Gasteiger partial charge on any atom is 0.274 e. The first kappa shape index (κ1) is 13.5. The summed E-state index contributed by atoms with van der Waals surface area (Å²) in [5, 5.41) is 16.3. The van der Waals surface area contributed by atoms with Crippen molar-refractivity contribution in [3.63, 3.8) is 0 Å². The summed E-state index contributed by atoms with van der Waals surface area (Å²) < 4.78 is 0. The van der Waals surface area contributed by atoms with E-state index in [0.29, 0.717) is 17.2 Å². The van der Waals surface area contributed by atoms with E-state index in [1.54, 1.807) is 24.3 Å². The maximum atomic E-state index is 10.9. The zero-order valence-corrected chi connectivity index (χ0v) is 10.7. The molecule has 0 bridgehead atoms. The fourth-order valence-corrected chi connectivity index (χ4v) is 1.59. The normalized spacial score (nSPS) is 9.85. The van der Waals surface area contributed by atoms with Gasteiger partial charge in [-0.3, -0.25) is 14.9 Å². The molecule has 0 saturated heterocycles. The van der Waals surface area contributed by atoms with Crippen LogP contribution >= 0.6 is 0 Å². The van der Waals surface area contributed by atoms with Gasteiger partial charge < -0.3 is 10.6 Å². The largest absolute Gasteiger partial charge is 0.340 e. The number of carbonyl (C=O) groups is 1. The molecule has 0 atom stereocenters. The number of aromatic nitrogens is 1. The molecule has 1 amide bonds. The molecule has 0 aliphatic carbocycles. The van der Waals surface area contributed by atoms with E-state index in [4.69, 9.17) is 0 Å². The van der Waals surface area contributed by atoms with Crippen molar-refractivity contribution in [2.24, 2.45) is 0 Å². The summed E-state index contributed by atoms with van der Waals surface area (Å²) in [5.41, 5.74) is 1.36. The molecule has 2 rings (SSSR count). The third kappa shape index (κ3) is 3.52. The van der Waals surface area contributed by atoms with Crippen molar-refractivity contribution in [3.8, 4) is 0 Å². The molecule has 20 heavy (non-hydrogen) atoms. The monoisotopic (exact) mass is 272 g/mol. The van der Waals surface area contributed by atoms with Crippen molar-refractivity contribution in [2.45, 2.75) is 6.92 Å². The van der Waals surface area contributed by atoms with Crippen LogP contribution in [0.5, 0.6) is 0 Å². The minimum absolute atomic E-state index is 0.0302. The Labute approximate surface area is 114 Å². The number of carbonyl (C=O) groups excluding carboxylic acids is 1. The summed E-state index contributed by atoms with van der Waals surface area (Å²) in [7, 11) is 0. The Morgan fingerprint density at radius 2 is 1.85 bits per heavy atom. The fraction of sp³-hybridized carbons (Fsp3) is 0.0769. The number of hydrogen-bond acceptors (Lipinski definition) is 5. The van der Waals surface area contributed by atoms with Crippen LogP contribution < -0.4 is 10.6 Å². The molecule has 1 heterocycles. The molecule has 1 aromatic heterocycles. The number of rotatable bonds is 4. The van der Waals surface area contributed by atoms with Crippen LogP contribution in [0.1, 0.15) is 6.92 Å². The Balaban J connectivity index is 2.11. The Hall–Kier alpha value is -2.96. The Bertz CT molecular complexity index is 640. The van der Waals surface area contributed by atoms with Gasteiger partial charge in [-0.05, 0) is 24.3 Å². The number of amides is 1. The van der Waals surface area contributed by atoms with Crippen molar-refractivity contribution in [1.82, 2.24) is 4.98 Å². The lowest BCUT2D eigenvalue weighted by molar-refractivity contribution is -0.384. The molecule has 7 nitrogen and oxygen atoms in total. The number of anilines is 3. The predicted molar refractivity (Wildman–Crippen MR) is 74.9 cm³/mol. The first-order valence-corrected chi connectivity index (χ1v) is 5.80. The van der Waals surface area contributed by atoms with E-state index in [1.807, 2.05) is 0 Å². The molecule has 0 saturated carbocycles. The summed E-state index contributed by atoms with van der Waals surface area (Å²) in [5.74, 6) is 0.234. The van der Waals surface area contributed by atoms with E-state index in [-0.39, 0.29) is 11.6 Å². The average molecular weight is 272 g/mol. The fourth-order valence-electron chi connectivity index (χ4n) is 1.59. The van der Waals surface area contributed by atoms with Crippen molar-refractivity contribution < 1.29 is 9.72 Å². The highest BCUT2D eigenvalue weighted by Gasteiger charge is 2.06. The number of nitrogens with one attached hydrogen (secondary N) is 2. The SMILES string of the molecule is CC(=O)Nc1ccc(Nc2cc([N+](=O)[O-])ccn2)cc1. The number of hydrogen-bond donors (Lipinski definition) is 2. The van der Waals surface area contributed by atoms with E-state index in [1.165, 1.54) is 25.3 Å². The van der Waals surface area contributed by atoms with Gasteiger partial charge in [0, 0.05) is 30.6 Å². The van der Waals surface area contributed by atoms with Crippen LogP contribution in [-0.2, 0) is 4.79 Å². The zero-order valence-electron chi connectivity index (χ0n) is 10.7. The molecule has 0 spiro atoms. The standard InChI is InChI=1S/C13H12N4O3/c1-9(18)15-10-2-4-11(5-3-10)16-13-8-12(17(19)20)6-7-14-13/h2-8H,1H3,(H,14,16)(H,15,18). The summed E-state index contributed by atoms with van der Waals surface area (Å²) >= 11 is 0. The molecule has 0 radical (unpaired) electrons. The third-order valence-electron chi connectivity index (χ3n) is 2.43. The highest BCUT2D eigenvalue weighted by Crippen LogP contribution is 2.20. The lowest BCUT2D eigenvalue weighted by Gasteiger charge is -2.07. The first-order valence-electron chi connectivity index (χ1n) is 5.80. The van der Waals surface area contributed by atoms with Gasteiger partial charge in [-0.1, -0.05) is 0 Å². The summed E-state index contributed by atoms with van der Waals surface area (Å²) in [4.78, 5) is 25.1. The Kier molecular flexibility index (Phi) is 3.90. The van der Waals surface area contributed by atoms with Gasteiger partial charge in [0.25, 0.3) is 5.69 Å². The zero-order chi connectivity index (χ0) is 14.5. The lowest BCUT2D eigenvalue weighted by Crippen LogP contribution is -2.05. The van der Waals surface area contributed by atoms with Crippen LogP contribution in [0.4, 0.5) is 22.9 Å². The Morgan fingerprint density at radius 1 is 1.20 bits per heavy atom. The number of nitrogens with zero attached hydrogens (tertiary/aromatic N) is 2. The second-order valence-corrected chi connectivity index (χ2v) is 4.04. The van der Waals surface area contributed by atoms with Crippen molar-refractivity contribution in [3.05, 3.63) is 52.7 Å². The molecule has 0 fully saturated rings. The van der Waals surface area contributed by atoms with Crippen molar-refractivity contribution in [2.75, 3.05) is 10.6 Å². The molecule has 2 aromatic rings. The molecule has 7 heteroatoms. The minimum Gasteiger partial charge on any atom is -0.340 e. The van der Waals surface area contributed by atoms with Crippen LogP contribution in [-0.4, -0.2) is 15.8 Å². The minimum atomic E-state index is -0.479. The predicted octanol–water partition coefficient (Wildman–Crippen LogP) is 2.69. The number of benzene rings is 1. The van der Waals surface area contributed by atoms with Gasteiger partial charge in [0.15, 0.2) is 0 Å². The van der Waals surface area contributed by atoms with E-state index in [0.717, 1.165) is 0 Å². The molecule has 2 N–H and O–H groups in total. The highest BCUT2D eigenvalue weighted by molar-refractivity contribution is 5.88. The van der Waals surface area contributed by atoms with E-state index in [9.17, 15) is 14.9 Å². The van der Waals surface area contributed by atoms with Crippen LogP contribution in [0, 0.1) is 10.1 Å². The van der Waals surface area contributed by atoms with Gasteiger partial charge in [0.05, 0.1) is 11.0 Å². The van der Waals surface area contributed by atoms with Gasteiger partial charge >= 0.3 is 0 Å². The average Bonchev–Trinajstić information content (AvgIpc) is 2.41. The Morgan fingerprint density at radius 3 is 2.45 bits per heavy atom. The molecular weight excluding hydrogens is 260 g/mol. The van der Waals surface area contributed by atoms with Crippen molar-refractivity contribution >= 4 is 28.8 Å². The molecular formula is C13H12N4O3. The van der Waals surface area contributed by atoms with Gasteiger partial charge in [-0.15, -0.1) is 0 Å². The summed E-state index contributed by atoms with van der Waals surface area (Å²) in [6.07, 6.45) is 1.37. The molecule has 102 valence electrons. The van der Waals surface area contributed by atoms with Crippen molar-refractivity contribution in [1.29, 1.82) is 0 Å². The van der Waals surface area contributed by atoms with Gasteiger partial charge in [-0.25, -0.2) is 4.98 Å². The summed E-state index contributed by atoms with van der Waals surface area (Å²) in [6, 6.07) is 9.60. The number of pyridine rings is 1. The molecule has 0 unspecified atom stereocenters. The molecule has 1 aromatic carbocycles. The van der Waals surface area contributed by atoms with E-state index < -0.39 is 4.92 Å².